The van der Waals surface area contributed by atoms with Gasteiger partial charge in [-0.2, -0.15) is 11.1 Å². The van der Waals surface area contributed by atoms with Crippen molar-refractivity contribution in [1.29, 1.82) is 0 Å². The van der Waals surface area contributed by atoms with E-state index in [1.165, 1.54) is 5.01 Å². The minimum absolute atomic E-state index is 0.00497. The maximum absolute atomic E-state index is 11.3. The van der Waals surface area contributed by atoms with Crippen molar-refractivity contribution < 1.29 is 39.6 Å². The average molecular weight is 489 g/mol. The Hall–Kier alpha value is -2.28. The predicted molar refractivity (Wildman–Crippen MR) is 122 cm³/mol. The van der Waals surface area contributed by atoms with Crippen LogP contribution in [0.25, 0.3) is 0 Å². The SMILES string of the molecule is O=C(O)CC1CCCCCC(CC(=O)O)CCN(CC(=O)O)NNNCCC(CC(=O)O)CC1. The van der Waals surface area contributed by atoms with Crippen molar-refractivity contribution in [3.05, 3.63) is 0 Å². The molecule has 12 heteroatoms. The third-order valence-corrected chi connectivity index (χ3v) is 6.21. The zero-order chi connectivity index (χ0) is 25.3. The molecule has 3 unspecified atom stereocenters. The van der Waals surface area contributed by atoms with E-state index in [1.807, 2.05) is 0 Å². The third-order valence-electron chi connectivity index (χ3n) is 6.21. The number of hydrogen-bond acceptors (Lipinski definition) is 8. The minimum atomic E-state index is -1.02. The Morgan fingerprint density at radius 2 is 1.15 bits per heavy atom. The predicted octanol–water partition coefficient (Wildman–Crippen LogP) is 1.68. The summed E-state index contributed by atoms with van der Waals surface area (Å²) in [5.74, 6) is -3.86. The Balaban J connectivity index is 2.82. The molecule has 0 aromatic rings. The Bertz CT molecular complexity index is 542. The molecule has 1 aliphatic heterocycles. The molecular formula is C22H40N4O8. The number of aliphatic carboxylic acids is 4. The first-order valence-corrected chi connectivity index (χ1v) is 12.0. The zero-order valence-electron chi connectivity index (χ0n) is 19.7. The van der Waals surface area contributed by atoms with Gasteiger partial charge in [-0.3, -0.25) is 19.2 Å². The first-order valence-electron chi connectivity index (χ1n) is 12.0. The lowest BCUT2D eigenvalue weighted by atomic mass is 9.86. The van der Waals surface area contributed by atoms with Gasteiger partial charge in [0.15, 0.2) is 0 Å². The molecule has 1 saturated heterocycles. The van der Waals surface area contributed by atoms with E-state index in [9.17, 15) is 34.5 Å². The third kappa shape index (κ3) is 15.5. The minimum Gasteiger partial charge on any atom is -0.481 e. The van der Waals surface area contributed by atoms with E-state index in [4.69, 9.17) is 5.11 Å². The Kier molecular flexibility index (Phi) is 15.0. The van der Waals surface area contributed by atoms with Crippen molar-refractivity contribution in [2.75, 3.05) is 19.6 Å². The van der Waals surface area contributed by atoms with E-state index in [-0.39, 0.29) is 43.6 Å². The number of carboxylic acids is 4. The first-order chi connectivity index (χ1) is 16.2. The van der Waals surface area contributed by atoms with Crippen molar-refractivity contribution in [2.45, 2.75) is 77.0 Å². The Morgan fingerprint density at radius 3 is 1.65 bits per heavy atom. The van der Waals surface area contributed by atoms with Crippen LogP contribution in [0.4, 0.5) is 0 Å². The molecule has 1 rings (SSSR count). The van der Waals surface area contributed by atoms with Crippen molar-refractivity contribution >= 4 is 23.9 Å². The summed E-state index contributed by atoms with van der Waals surface area (Å²) in [4.78, 5) is 45.0. The molecule has 1 fully saturated rings. The molecule has 0 aliphatic carbocycles. The zero-order valence-corrected chi connectivity index (χ0v) is 19.7. The number of carbonyl (C=O) groups is 4. The highest BCUT2D eigenvalue weighted by Crippen LogP contribution is 2.26. The monoisotopic (exact) mass is 488 g/mol. The molecule has 1 heterocycles. The number of nitrogens with one attached hydrogen (secondary N) is 3. The maximum atomic E-state index is 11.3. The van der Waals surface area contributed by atoms with E-state index in [2.05, 4.69) is 16.5 Å². The van der Waals surface area contributed by atoms with Gasteiger partial charge in [-0.1, -0.05) is 19.3 Å². The molecule has 0 spiro atoms. The normalized spacial score (nSPS) is 25.0. The molecule has 3 atom stereocenters. The summed E-state index contributed by atoms with van der Waals surface area (Å²) >= 11 is 0. The van der Waals surface area contributed by atoms with Crippen LogP contribution in [0, 0.1) is 17.8 Å². The number of hydrazine groups is 3. The lowest BCUT2D eigenvalue weighted by Gasteiger charge is -2.25. The van der Waals surface area contributed by atoms with Crippen LogP contribution >= 0.6 is 0 Å². The fraction of sp³-hybridized carbons (Fsp3) is 0.818. The van der Waals surface area contributed by atoms with Gasteiger partial charge >= 0.3 is 23.9 Å². The number of nitrogens with zero attached hydrogens (tertiary/aromatic N) is 1. The van der Waals surface area contributed by atoms with Gasteiger partial charge in [0, 0.05) is 32.4 Å². The summed E-state index contributed by atoms with van der Waals surface area (Å²) in [6.07, 6.45) is 6.34. The van der Waals surface area contributed by atoms with Gasteiger partial charge in [-0.05, 0) is 56.3 Å². The van der Waals surface area contributed by atoms with Crippen LogP contribution in [0.5, 0.6) is 0 Å². The topological polar surface area (TPSA) is 189 Å². The van der Waals surface area contributed by atoms with Gasteiger partial charge in [-0.25, -0.2) is 10.4 Å². The highest BCUT2D eigenvalue weighted by molar-refractivity contribution is 5.69. The molecule has 1 aliphatic rings. The summed E-state index contributed by atoms with van der Waals surface area (Å²) in [6.45, 7) is 0.486. The second-order valence-electron chi connectivity index (χ2n) is 9.16. The van der Waals surface area contributed by atoms with Crippen LogP contribution in [-0.2, 0) is 19.2 Å². The molecule has 0 saturated carbocycles. The van der Waals surface area contributed by atoms with Gasteiger partial charge in [0.05, 0.1) is 0 Å². The molecule has 0 radical (unpaired) electrons. The Labute approximate surface area is 200 Å². The molecule has 7 N–H and O–H groups in total. The standard InChI is InChI=1S/C22H40N4O8/c27-19(28)12-16-4-2-1-3-5-17(13-20(29)30)9-11-26(15-22(33)34)25-24-23-10-8-18(7-6-16)14-21(31)32/h16-18,23-25H,1-15H2,(H,27,28)(H,29,30)(H,31,32)(H,33,34). The van der Waals surface area contributed by atoms with E-state index >= 15 is 0 Å². The molecule has 0 amide bonds. The van der Waals surface area contributed by atoms with Crippen LogP contribution < -0.4 is 16.5 Å². The summed E-state index contributed by atoms with van der Waals surface area (Å²) in [7, 11) is 0. The van der Waals surface area contributed by atoms with Gasteiger partial charge < -0.3 is 20.4 Å². The van der Waals surface area contributed by atoms with Gasteiger partial charge in [0.1, 0.15) is 6.54 Å². The molecule has 196 valence electrons. The van der Waals surface area contributed by atoms with E-state index in [1.54, 1.807) is 0 Å². The number of carboxylic acid groups (broad SMARTS) is 4. The van der Waals surface area contributed by atoms with Crippen LogP contribution in [0.3, 0.4) is 0 Å². The van der Waals surface area contributed by atoms with Crippen LogP contribution in [0.2, 0.25) is 0 Å². The fourth-order valence-electron chi connectivity index (χ4n) is 4.43. The Morgan fingerprint density at radius 1 is 0.647 bits per heavy atom. The van der Waals surface area contributed by atoms with E-state index in [0.717, 1.165) is 25.7 Å². The highest BCUT2D eigenvalue weighted by atomic mass is 16.4. The highest BCUT2D eigenvalue weighted by Gasteiger charge is 2.20. The van der Waals surface area contributed by atoms with Crippen molar-refractivity contribution in [3.63, 3.8) is 0 Å². The smallest absolute Gasteiger partial charge is 0.319 e. The maximum Gasteiger partial charge on any atom is 0.319 e. The summed E-state index contributed by atoms with van der Waals surface area (Å²) < 4.78 is 0. The molecular weight excluding hydrogens is 448 g/mol. The fourth-order valence-corrected chi connectivity index (χ4v) is 4.43. The lowest BCUT2D eigenvalue weighted by Crippen LogP contribution is -2.55. The van der Waals surface area contributed by atoms with E-state index in [0.29, 0.717) is 45.2 Å². The van der Waals surface area contributed by atoms with Gasteiger partial charge in [0.2, 0.25) is 0 Å². The quantitative estimate of drug-likeness (QED) is 0.262. The molecule has 12 nitrogen and oxygen atoms in total. The first kappa shape index (κ1) is 29.8. The van der Waals surface area contributed by atoms with Gasteiger partial charge in [0.25, 0.3) is 0 Å². The van der Waals surface area contributed by atoms with Crippen molar-refractivity contribution in [3.8, 4) is 0 Å². The summed E-state index contributed by atoms with van der Waals surface area (Å²) in [6, 6.07) is 0. The van der Waals surface area contributed by atoms with Crippen molar-refractivity contribution in [2.24, 2.45) is 17.8 Å². The number of rotatable bonds is 8. The molecule has 0 bridgehead atoms. The largest absolute Gasteiger partial charge is 0.481 e. The second kappa shape index (κ2) is 17.2. The summed E-state index contributed by atoms with van der Waals surface area (Å²) in [5.41, 5.74) is 8.41. The molecule has 34 heavy (non-hydrogen) atoms. The average Bonchev–Trinajstić information content (AvgIpc) is 2.72. The van der Waals surface area contributed by atoms with Crippen molar-refractivity contribution in [1.82, 2.24) is 21.5 Å². The molecule has 0 aromatic heterocycles. The van der Waals surface area contributed by atoms with Crippen LogP contribution in [0.15, 0.2) is 0 Å². The van der Waals surface area contributed by atoms with Gasteiger partial charge in [-0.15, -0.1) is 0 Å². The molecule has 0 aromatic carbocycles. The summed E-state index contributed by atoms with van der Waals surface area (Å²) in [5, 5.41) is 38.3. The van der Waals surface area contributed by atoms with Crippen LogP contribution in [-0.4, -0.2) is 68.9 Å². The second-order valence-corrected chi connectivity index (χ2v) is 9.16. The van der Waals surface area contributed by atoms with Crippen LogP contribution in [0.1, 0.15) is 77.0 Å². The lowest BCUT2D eigenvalue weighted by molar-refractivity contribution is -0.141. The van der Waals surface area contributed by atoms with E-state index < -0.39 is 23.9 Å². The number of hydrogen-bond donors (Lipinski definition) is 7.